The summed E-state index contributed by atoms with van der Waals surface area (Å²) in [6.45, 7) is 15.3. The maximum Gasteiger partial charge on any atom is 0.408 e. The second-order valence-electron chi connectivity index (χ2n) is 13.5. The number of nitrogens with zero attached hydrogens (tertiary/aromatic N) is 1. The van der Waals surface area contributed by atoms with Crippen LogP contribution in [0.25, 0.3) is 0 Å². The van der Waals surface area contributed by atoms with Crippen LogP contribution in [0.2, 0.25) is 0 Å². The third-order valence-corrected chi connectivity index (χ3v) is 7.82. The van der Waals surface area contributed by atoms with E-state index in [0.717, 1.165) is 12.8 Å². The van der Waals surface area contributed by atoms with Crippen LogP contribution in [0.4, 0.5) is 4.79 Å². The van der Waals surface area contributed by atoms with E-state index >= 15 is 0 Å². The predicted octanol–water partition coefficient (Wildman–Crippen LogP) is 1.54. The van der Waals surface area contributed by atoms with Crippen molar-refractivity contribution >= 4 is 23.8 Å². The number of nitrogens with one attached hydrogen (secondary N) is 2. The molecule has 6 atom stereocenters. The average Bonchev–Trinajstić information content (AvgIpc) is 3.55. The summed E-state index contributed by atoms with van der Waals surface area (Å²) in [7, 11) is 0. The van der Waals surface area contributed by atoms with Gasteiger partial charge in [-0.15, -0.1) is 0 Å². The molecule has 3 aliphatic rings. The van der Waals surface area contributed by atoms with Gasteiger partial charge in [-0.2, -0.15) is 0 Å². The van der Waals surface area contributed by atoms with Gasteiger partial charge in [-0.25, -0.2) is 4.79 Å². The summed E-state index contributed by atoms with van der Waals surface area (Å²) in [6, 6.07) is -2.50. The lowest BCUT2D eigenvalue weighted by Gasteiger charge is -2.38. The minimum atomic E-state index is -1.50. The standard InChI is InChI=1S/C26H44N4O6/c1-24(2,3)19(29-23(35)36-25(4,5)6)22(34)30-12-14-16(26(14,7)8)17(30)21(33)28-15(11-13-9-10-13)18(31)20(27)32/h13-19,31H,9-12H2,1-8H3,(H2,27,32)(H,28,33)(H,29,35)/t14?,15?,16-,17?,18?,19+/m0/s1. The maximum absolute atomic E-state index is 13.9. The summed E-state index contributed by atoms with van der Waals surface area (Å²) >= 11 is 0. The molecule has 5 N–H and O–H groups in total. The van der Waals surface area contributed by atoms with E-state index in [0.29, 0.717) is 18.9 Å². The number of aliphatic hydroxyl groups is 1. The number of carbonyl (C=O) groups excluding carboxylic acids is 4. The van der Waals surface area contributed by atoms with Gasteiger partial charge in [-0.05, 0) is 55.8 Å². The molecule has 10 heteroatoms. The molecule has 4 unspecified atom stereocenters. The number of aliphatic hydroxyl groups excluding tert-OH is 1. The van der Waals surface area contributed by atoms with E-state index in [1.807, 2.05) is 20.8 Å². The zero-order valence-corrected chi connectivity index (χ0v) is 22.9. The van der Waals surface area contributed by atoms with Crippen molar-refractivity contribution in [2.24, 2.45) is 34.3 Å². The molecule has 4 amide bonds. The Balaban J connectivity index is 1.82. The number of likely N-dealkylation sites (tertiary alicyclic amines) is 1. The van der Waals surface area contributed by atoms with E-state index in [4.69, 9.17) is 10.5 Å². The number of hydrogen-bond donors (Lipinski definition) is 4. The van der Waals surface area contributed by atoms with E-state index in [9.17, 15) is 24.3 Å². The minimum Gasteiger partial charge on any atom is -0.444 e. The van der Waals surface area contributed by atoms with Crippen LogP contribution < -0.4 is 16.4 Å². The second-order valence-corrected chi connectivity index (χ2v) is 13.5. The fourth-order valence-electron chi connectivity index (χ4n) is 5.50. The van der Waals surface area contributed by atoms with Crippen LogP contribution in [-0.4, -0.2) is 70.2 Å². The molecule has 1 saturated heterocycles. The summed E-state index contributed by atoms with van der Waals surface area (Å²) in [4.78, 5) is 53.3. The molecule has 0 radical (unpaired) electrons. The first-order chi connectivity index (χ1) is 16.3. The monoisotopic (exact) mass is 508 g/mol. The van der Waals surface area contributed by atoms with Crippen molar-refractivity contribution < 1.29 is 29.0 Å². The summed E-state index contributed by atoms with van der Waals surface area (Å²) in [5.41, 5.74) is 3.84. The Kier molecular flexibility index (Phi) is 7.45. The first-order valence-corrected chi connectivity index (χ1v) is 12.9. The highest BCUT2D eigenvalue weighted by atomic mass is 16.6. The molecule has 0 aromatic rings. The molecule has 2 aliphatic carbocycles. The number of ether oxygens (including phenoxy) is 1. The minimum absolute atomic E-state index is 0.0594. The van der Waals surface area contributed by atoms with Gasteiger partial charge < -0.3 is 31.1 Å². The van der Waals surface area contributed by atoms with Gasteiger partial charge in [-0.3, -0.25) is 14.4 Å². The van der Waals surface area contributed by atoms with E-state index in [2.05, 4.69) is 24.5 Å². The lowest BCUT2D eigenvalue weighted by Crippen LogP contribution is -2.61. The van der Waals surface area contributed by atoms with E-state index in [-0.39, 0.29) is 23.2 Å². The van der Waals surface area contributed by atoms with E-state index < -0.39 is 53.2 Å². The Morgan fingerprint density at radius 3 is 2.14 bits per heavy atom. The Hall–Kier alpha value is -2.36. The highest BCUT2D eigenvalue weighted by Crippen LogP contribution is 2.65. The molecule has 0 aromatic heterocycles. The number of fused-ring (bicyclic) bond motifs is 1. The van der Waals surface area contributed by atoms with E-state index in [1.54, 1.807) is 25.7 Å². The quantitative estimate of drug-likeness (QED) is 0.390. The fraction of sp³-hybridized carbons (Fsp3) is 0.846. The van der Waals surface area contributed by atoms with Crippen LogP contribution in [-0.2, 0) is 19.1 Å². The first kappa shape index (κ1) is 28.2. The normalized spacial score (nSPS) is 27.4. The maximum atomic E-state index is 13.9. The van der Waals surface area contributed by atoms with Gasteiger partial charge in [0.1, 0.15) is 17.7 Å². The zero-order chi connectivity index (χ0) is 27.4. The molecule has 3 rings (SSSR count). The fourth-order valence-corrected chi connectivity index (χ4v) is 5.50. The van der Waals surface area contributed by atoms with Crippen molar-refractivity contribution in [2.75, 3.05) is 6.54 Å². The molecule has 36 heavy (non-hydrogen) atoms. The van der Waals surface area contributed by atoms with Crippen LogP contribution in [0.5, 0.6) is 0 Å². The number of carbonyl (C=O) groups is 4. The molecule has 0 bridgehead atoms. The van der Waals surface area contributed by atoms with Crippen LogP contribution in [0.15, 0.2) is 0 Å². The van der Waals surface area contributed by atoms with Crippen molar-refractivity contribution in [3.8, 4) is 0 Å². The molecule has 10 nitrogen and oxygen atoms in total. The number of primary amides is 1. The second kappa shape index (κ2) is 9.50. The topological polar surface area (TPSA) is 151 Å². The van der Waals surface area contributed by atoms with Crippen molar-refractivity contribution in [2.45, 2.75) is 104 Å². The molecule has 2 saturated carbocycles. The Morgan fingerprint density at radius 2 is 1.67 bits per heavy atom. The van der Waals surface area contributed by atoms with Gasteiger partial charge in [0.25, 0.3) is 0 Å². The number of amides is 4. The molecule has 3 fully saturated rings. The average molecular weight is 509 g/mol. The van der Waals surface area contributed by atoms with Crippen molar-refractivity contribution in [1.82, 2.24) is 15.5 Å². The van der Waals surface area contributed by atoms with Crippen LogP contribution in [0.1, 0.15) is 74.7 Å². The molecule has 1 heterocycles. The zero-order valence-electron chi connectivity index (χ0n) is 22.9. The summed E-state index contributed by atoms with van der Waals surface area (Å²) in [6.07, 6.45) is 0.217. The lowest BCUT2D eigenvalue weighted by atomic mass is 9.85. The number of nitrogens with two attached hydrogens (primary N) is 1. The number of rotatable bonds is 8. The van der Waals surface area contributed by atoms with Crippen molar-refractivity contribution in [3.05, 3.63) is 0 Å². The SMILES string of the molecule is CC(C)(C)OC(=O)N[C@H](C(=O)N1CC2[C@@H](C1C(=O)NC(CC1CC1)C(O)C(N)=O)C2(C)C)C(C)(C)C. The summed E-state index contributed by atoms with van der Waals surface area (Å²) in [5, 5.41) is 15.9. The van der Waals surface area contributed by atoms with Gasteiger partial charge in [0.2, 0.25) is 17.7 Å². The Bertz CT molecular complexity index is 901. The summed E-state index contributed by atoms with van der Waals surface area (Å²) in [5.74, 6) is -1.24. The van der Waals surface area contributed by atoms with Gasteiger partial charge in [0.15, 0.2) is 6.10 Å². The summed E-state index contributed by atoms with van der Waals surface area (Å²) < 4.78 is 5.39. The largest absolute Gasteiger partial charge is 0.444 e. The van der Waals surface area contributed by atoms with Crippen molar-refractivity contribution in [3.63, 3.8) is 0 Å². The van der Waals surface area contributed by atoms with Gasteiger partial charge in [-0.1, -0.05) is 47.5 Å². The first-order valence-electron chi connectivity index (χ1n) is 12.9. The third-order valence-electron chi connectivity index (χ3n) is 7.82. The van der Waals surface area contributed by atoms with Gasteiger partial charge >= 0.3 is 6.09 Å². The number of piperidine rings is 1. The number of hydrogen-bond acceptors (Lipinski definition) is 6. The molecule has 0 spiro atoms. The molecular formula is C26H44N4O6. The lowest BCUT2D eigenvalue weighted by molar-refractivity contribution is -0.145. The number of alkyl carbamates (subject to hydrolysis) is 1. The molecular weight excluding hydrogens is 464 g/mol. The molecule has 0 aromatic carbocycles. The van der Waals surface area contributed by atoms with Gasteiger partial charge in [0, 0.05) is 6.54 Å². The van der Waals surface area contributed by atoms with Crippen molar-refractivity contribution in [1.29, 1.82) is 0 Å². The van der Waals surface area contributed by atoms with E-state index in [1.165, 1.54) is 0 Å². The van der Waals surface area contributed by atoms with Crippen LogP contribution in [0, 0.1) is 28.6 Å². The third kappa shape index (κ3) is 6.12. The highest BCUT2D eigenvalue weighted by molar-refractivity contribution is 5.94. The van der Waals surface area contributed by atoms with Crippen LogP contribution >= 0.6 is 0 Å². The smallest absolute Gasteiger partial charge is 0.408 e. The van der Waals surface area contributed by atoms with Gasteiger partial charge in [0.05, 0.1) is 6.04 Å². The Morgan fingerprint density at radius 1 is 1.08 bits per heavy atom. The Labute approximate surface area is 214 Å². The molecule has 1 aliphatic heterocycles. The molecule has 204 valence electrons. The van der Waals surface area contributed by atoms with Crippen LogP contribution in [0.3, 0.4) is 0 Å². The highest BCUT2D eigenvalue weighted by Gasteiger charge is 2.70. The predicted molar refractivity (Wildman–Crippen MR) is 133 cm³/mol.